The normalized spacial score (nSPS) is 16.5. The molecule has 0 N–H and O–H groups in total. The zero-order valence-electron chi connectivity index (χ0n) is 12.4. The molecule has 0 unspecified atom stereocenters. The van der Waals surface area contributed by atoms with Crippen molar-refractivity contribution in [3.05, 3.63) is 54.6 Å². The summed E-state index contributed by atoms with van der Waals surface area (Å²) >= 11 is 0. The van der Waals surface area contributed by atoms with Crippen LogP contribution in [0.4, 0.5) is 0 Å². The first-order valence-corrected chi connectivity index (χ1v) is 9.15. The van der Waals surface area contributed by atoms with Gasteiger partial charge in [0.2, 0.25) is 0 Å². The lowest BCUT2D eigenvalue weighted by Crippen LogP contribution is -2.21. The van der Waals surface area contributed by atoms with Gasteiger partial charge in [-0.25, -0.2) is 0 Å². The molecule has 1 aliphatic rings. The van der Waals surface area contributed by atoms with Crippen LogP contribution in [-0.2, 0) is 14.3 Å². The maximum Gasteiger partial charge on any atom is 0.297 e. The molecule has 0 amide bonds. The summed E-state index contributed by atoms with van der Waals surface area (Å²) in [6, 6.07) is 16.8. The second-order valence-corrected chi connectivity index (χ2v) is 7.27. The Bertz CT molecular complexity index is 700. The van der Waals surface area contributed by atoms with Gasteiger partial charge in [0.05, 0.1) is 11.0 Å². The number of rotatable bonds is 4. The van der Waals surface area contributed by atoms with Crippen molar-refractivity contribution in [2.24, 2.45) is 0 Å². The van der Waals surface area contributed by atoms with Gasteiger partial charge in [0.25, 0.3) is 10.1 Å². The van der Waals surface area contributed by atoms with E-state index < -0.39 is 10.1 Å². The first-order chi connectivity index (χ1) is 10.6. The zero-order chi connectivity index (χ0) is 15.4. The fraction of sp³-hybridized carbons (Fsp3) is 0.333. The van der Waals surface area contributed by atoms with Gasteiger partial charge in [-0.15, -0.1) is 0 Å². The highest BCUT2D eigenvalue weighted by atomic mass is 32.2. The fourth-order valence-corrected chi connectivity index (χ4v) is 3.97. The Morgan fingerprint density at radius 1 is 0.773 bits per heavy atom. The summed E-state index contributed by atoms with van der Waals surface area (Å²) in [5, 5.41) is 0. The maximum absolute atomic E-state index is 12.3. The van der Waals surface area contributed by atoms with Crippen LogP contribution in [0.1, 0.15) is 32.1 Å². The second kappa shape index (κ2) is 6.63. The van der Waals surface area contributed by atoms with Gasteiger partial charge in [0, 0.05) is 0 Å². The quantitative estimate of drug-likeness (QED) is 0.786. The second-order valence-electron chi connectivity index (χ2n) is 5.70. The van der Waals surface area contributed by atoms with E-state index >= 15 is 0 Å². The third-order valence-electron chi connectivity index (χ3n) is 4.07. The minimum absolute atomic E-state index is 0.160. The molecule has 4 heteroatoms. The van der Waals surface area contributed by atoms with Crippen LogP contribution in [-0.4, -0.2) is 14.5 Å². The molecule has 3 rings (SSSR count). The monoisotopic (exact) mass is 316 g/mol. The molecule has 3 nitrogen and oxygen atoms in total. The van der Waals surface area contributed by atoms with Crippen molar-refractivity contribution < 1.29 is 12.6 Å². The molecule has 1 fully saturated rings. The summed E-state index contributed by atoms with van der Waals surface area (Å²) in [6.07, 6.45) is 4.78. The van der Waals surface area contributed by atoms with E-state index in [2.05, 4.69) is 0 Å². The van der Waals surface area contributed by atoms with Crippen LogP contribution < -0.4 is 0 Å². The molecular weight excluding hydrogens is 296 g/mol. The van der Waals surface area contributed by atoms with Crippen molar-refractivity contribution in [2.75, 3.05) is 0 Å². The summed E-state index contributed by atoms with van der Waals surface area (Å²) in [7, 11) is -3.66. The average molecular weight is 316 g/mol. The van der Waals surface area contributed by atoms with Gasteiger partial charge in [-0.3, -0.25) is 4.18 Å². The van der Waals surface area contributed by atoms with Crippen molar-refractivity contribution in [1.82, 2.24) is 0 Å². The largest absolute Gasteiger partial charge is 0.297 e. The van der Waals surface area contributed by atoms with Crippen LogP contribution in [0.15, 0.2) is 59.5 Å². The van der Waals surface area contributed by atoms with Crippen molar-refractivity contribution >= 4 is 10.1 Å². The van der Waals surface area contributed by atoms with Crippen LogP contribution in [0.2, 0.25) is 0 Å². The van der Waals surface area contributed by atoms with E-state index in [1.54, 1.807) is 12.1 Å². The molecule has 116 valence electrons. The van der Waals surface area contributed by atoms with Gasteiger partial charge in [-0.2, -0.15) is 8.42 Å². The Balaban J connectivity index is 1.76. The molecule has 0 bridgehead atoms. The van der Waals surface area contributed by atoms with E-state index in [-0.39, 0.29) is 11.0 Å². The van der Waals surface area contributed by atoms with Gasteiger partial charge in [0.15, 0.2) is 0 Å². The topological polar surface area (TPSA) is 43.4 Å². The van der Waals surface area contributed by atoms with Gasteiger partial charge >= 0.3 is 0 Å². The van der Waals surface area contributed by atoms with Crippen molar-refractivity contribution in [1.29, 1.82) is 0 Å². The number of hydrogen-bond donors (Lipinski definition) is 0. The van der Waals surface area contributed by atoms with Crippen molar-refractivity contribution in [3.8, 4) is 11.1 Å². The van der Waals surface area contributed by atoms with E-state index in [9.17, 15) is 8.42 Å². The van der Waals surface area contributed by atoms with Crippen LogP contribution >= 0.6 is 0 Å². The van der Waals surface area contributed by atoms with Gasteiger partial charge in [-0.1, -0.05) is 61.7 Å². The lowest BCUT2D eigenvalue weighted by molar-refractivity contribution is 0.162. The SMILES string of the molecule is O=S(=O)(OC1CCCCC1)c1ccc(-c2ccccc2)cc1. The summed E-state index contributed by atoms with van der Waals surface area (Å²) in [4.78, 5) is 0.234. The molecule has 0 saturated heterocycles. The van der Waals surface area contributed by atoms with Crippen molar-refractivity contribution in [3.63, 3.8) is 0 Å². The van der Waals surface area contributed by atoms with E-state index in [4.69, 9.17) is 4.18 Å². The van der Waals surface area contributed by atoms with E-state index in [0.717, 1.165) is 36.8 Å². The molecule has 2 aromatic carbocycles. The maximum atomic E-state index is 12.3. The summed E-state index contributed by atoms with van der Waals surface area (Å²) in [5.41, 5.74) is 2.07. The van der Waals surface area contributed by atoms with Crippen LogP contribution in [0.3, 0.4) is 0 Å². The molecule has 0 aliphatic heterocycles. The molecule has 1 aliphatic carbocycles. The minimum atomic E-state index is -3.66. The fourth-order valence-electron chi connectivity index (χ4n) is 2.84. The molecule has 0 heterocycles. The first kappa shape index (κ1) is 15.3. The highest BCUT2D eigenvalue weighted by Gasteiger charge is 2.23. The molecule has 0 aromatic heterocycles. The van der Waals surface area contributed by atoms with E-state index in [1.165, 1.54) is 6.42 Å². The lowest BCUT2D eigenvalue weighted by atomic mass is 9.98. The summed E-state index contributed by atoms with van der Waals surface area (Å²) in [6.45, 7) is 0. The molecule has 2 aromatic rings. The first-order valence-electron chi connectivity index (χ1n) is 7.74. The highest BCUT2D eigenvalue weighted by molar-refractivity contribution is 7.86. The van der Waals surface area contributed by atoms with Gasteiger partial charge < -0.3 is 0 Å². The van der Waals surface area contributed by atoms with Crippen LogP contribution in [0.25, 0.3) is 11.1 Å². The molecule has 22 heavy (non-hydrogen) atoms. The average Bonchev–Trinajstić information content (AvgIpc) is 2.56. The summed E-state index contributed by atoms with van der Waals surface area (Å²) < 4.78 is 30.0. The molecule has 1 saturated carbocycles. The Morgan fingerprint density at radius 2 is 1.36 bits per heavy atom. The Hall–Kier alpha value is -1.65. The molecule has 0 radical (unpaired) electrons. The van der Waals surface area contributed by atoms with Crippen LogP contribution in [0.5, 0.6) is 0 Å². The molecule has 0 atom stereocenters. The smallest absolute Gasteiger partial charge is 0.263 e. The Kier molecular flexibility index (Phi) is 4.60. The molecule has 0 spiro atoms. The van der Waals surface area contributed by atoms with Gasteiger partial charge in [0.1, 0.15) is 0 Å². The zero-order valence-corrected chi connectivity index (χ0v) is 13.3. The number of hydrogen-bond acceptors (Lipinski definition) is 3. The van der Waals surface area contributed by atoms with Crippen LogP contribution in [0, 0.1) is 0 Å². The third-order valence-corrected chi connectivity index (χ3v) is 5.44. The van der Waals surface area contributed by atoms with Crippen molar-refractivity contribution in [2.45, 2.75) is 43.1 Å². The third kappa shape index (κ3) is 3.57. The van der Waals surface area contributed by atoms with E-state index in [1.807, 2.05) is 42.5 Å². The minimum Gasteiger partial charge on any atom is -0.263 e. The Morgan fingerprint density at radius 3 is 2.00 bits per heavy atom. The standard InChI is InChI=1S/C18H20O3S/c19-22(20,21-17-9-5-2-6-10-17)18-13-11-16(12-14-18)15-7-3-1-4-8-15/h1,3-4,7-8,11-14,17H,2,5-6,9-10H2. The predicted octanol–water partition coefficient (Wildman–Crippen LogP) is 4.39. The predicted molar refractivity (Wildman–Crippen MR) is 87.0 cm³/mol. The number of benzene rings is 2. The summed E-state index contributed by atoms with van der Waals surface area (Å²) in [5.74, 6) is 0. The van der Waals surface area contributed by atoms with E-state index in [0.29, 0.717) is 0 Å². The Labute approximate surface area is 132 Å². The van der Waals surface area contributed by atoms with Gasteiger partial charge in [-0.05, 0) is 36.1 Å². The highest BCUT2D eigenvalue weighted by Crippen LogP contribution is 2.26. The molecular formula is C18H20O3S. The lowest BCUT2D eigenvalue weighted by Gasteiger charge is -2.21.